The average Bonchev–Trinajstić information content (AvgIpc) is 3.56. The predicted octanol–water partition coefficient (Wildman–Crippen LogP) is 4.09. The van der Waals surface area contributed by atoms with Gasteiger partial charge in [-0.15, -0.1) is 0 Å². The Kier molecular flexibility index (Phi) is 9.37. The van der Waals surface area contributed by atoms with Crippen LogP contribution in [0.4, 0.5) is 5.13 Å². The smallest absolute Gasteiger partial charge is 0.260 e. The molecule has 206 valence electrons. The van der Waals surface area contributed by atoms with Gasteiger partial charge in [-0.2, -0.15) is 4.31 Å². The van der Waals surface area contributed by atoms with Crippen LogP contribution in [0, 0.1) is 0 Å². The second kappa shape index (κ2) is 12.5. The van der Waals surface area contributed by atoms with E-state index in [4.69, 9.17) is 14.5 Å². The van der Waals surface area contributed by atoms with Gasteiger partial charge in [0.05, 0.1) is 27.8 Å². The van der Waals surface area contributed by atoms with Crippen molar-refractivity contribution in [3.05, 3.63) is 48.0 Å². The number of sulfonamides is 1. The molecule has 1 amide bonds. The first-order valence-electron chi connectivity index (χ1n) is 12.9. The Morgan fingerprint density at radius 3 is 2.55 bits per heavy atom. The molecule has 2 heterocycles. The number of hydrogen-bond donors (Lipinski definition) is 0. The zero-order valence-electron chi connectivity index (χ0n) is 22.4. The first-order chi connectivity index (χ1) is 18.2. The van der Waals surface area contributed by atoms with Crippen LogP contribution in [0.15, 0.2) is 47.4 Å². The fourth-order valence-corrected chi connectivity index (χ4v) is 6.59. The van der Waals surface area contributed by atoms with Crippen molar-refractivity contribution >= 4 is 42.6 Å². The van der Waals surface area contributed by atoms with Gasteiger partial charge in [-0.3, -0.25) is 9.69 Å². The molecule has 3 aromatic rings. The third kappa shape index (κ3) is 6.70. The summed E-state index contributed by atoms with van der Waals surface area (Å²) in [5, 5.41) is 0.602. The number of thiazole rings is 1. The van der Waals surface area contributed by atoms with Gasteiger partial charge < -0.3 is 14.4 Å². The molecule has 1 fully saturated rings. The van der Waals surface area contributed by atoms with Gasteiger partial charge in [0.15, 0.2) is 5.13 Å². The molecule has 38 heavy (non-hydrogen) atoms. The van der Waals surface area contributed by atoms with E-state index in [1.165, 1.54) is 27.8 Å². The quantitative estimate of drug-likeness (QED) is 0.329. The van der Waals surface area contributed by atoms with Crippen molar-refractivity contribution in [1.29, 1.82) is 0 Å². The summed E-state index contributed by atoms with van der Waals surface area (Å²) in [6.45, 7) is 4.79. The molecule has 2 aromatic carbocycles. The van der Waals surface area contributed by atoms with Crippen molar-refractivity contribution < 1.29 is 22.7 Å². The van der Waals surface area contributed by atoms with Crippen LogP contribution in [0.1, 0.15) is 36.5 Å². The van der Waals surface area contributed by atoms with Gasteiger partial charge >= 0.3 is 0 Å². The third-order valence-corrected chi connectivity index (χ3v) is 9.30. The SMILES string of the molecule is CCOc1ccc2nc(N(CCCN(C)C)C(=O)c3ccc(S(=O)(=O)N(C)CC4CCCO4)cc3)sc2c1. The number of anilines is 1. The highest BCUT2D eigenvalue weighted by Gasteiger charge is 2.27. The van der Waals surface area contributed by atoms with Crippen LogP contribution in [0.2, 0.25) is 0 Å². The minimum absolute atomic E-state index is 0.0789. The van der Waals surface area contributed by atoms with Crippen molar-refractivity contribution in [1.82, 2.24) is 14.2 Å². The van der Waals surface area contributed by atoms with Gasteiger partial charge in [-0.1, -0.05) is 11.3 Å². The molecule has 0 spiro atoms. The lowest BCUT2D eigenvalue weighted by molar-refractivity contribution is 0.0978. The lowest BCUT2D eigenvalue weighted by atomic mass is 10.2. The number of amides is 1. The minimum Gasteiger partial charge on any atom is -0.494 e. The molecule has 0 aliphatic carbocycles. The van der Waals surface area contributed by atoms with E-state index >= 15 is 0 Å². The molecule has 1 atom stereocenters. The maximum absolute atomic E-state index is 13.7. The van der Waals surface area contributed by atoms with E-state index in [2.05, 4.69) is 4.90 Å². The highest BCUT2D eigenvalue weighted by Crippen LogP contribution is 2.32. The molecule has 1 saturated heterocycles. The van der Waals surface area contributed by atoms with Gasteiger partial charge in [0.1, 0.15) is 5.75 Å². The number of nitrogens with zero attached hydrogens (tertiary/aromatic N) is 4. The van der Waals surface area contributed by atoms with E-state index in [0.717, 1.165) is 41.8 Å². The van der Waals surface area contributed by atoms with Crippen LogP contribution in [-0.2, 0) is 14.8 Å². The van der Waals surface area contributed by atoms with E-state index in [0.29, 0.717) is 37.0 Å². The maximum atomic E-state index is 13.7. The van der Waals surface area contributed by atoms with Crippen LogP contribution in [-0.4, -0.2) is 88.6 Å². The normalized spacial score (nSPS) is 16.0. The maximum Gasteiger partial charge on any atom is 0.260 e. The molecular weight excluding hydrogens is 524 g/mol. The molecule has 1 aromatic heterocycles. The van der Waals surface area contributed by atoms with Gasteiger partial charge in [0, 0.05) is 32.3 Å². The average molecular weight is 561 g/mol. The van der Waals surface area contributed by atoms with E-state index in [-0.39, 0.29) is 16.9 Å². The van der Waals surface area contributed by atoms with Crippen molar-refractivity contribution in [2.75, 3.05) is 58.9 Å². The Labute approximate surface area is 229 Å². The molecule has 0 bridgehead atoms. The van der Waals surface area contributed by atoms with Crippen LogP contribution in [0.25, 0.3) is 10.2 Å². The molecule has 1 aliphatic rings. The summed E-state index contributed by atoms with van der Waals surface area (Å²) < 4.78 is 39.6. The summed E-state index contributed by atoms with van der Waals surface area (Å²) in [6.07, 6.45) is 2.49. The number of likely N-dealkylation sites (N-methyl/N-ethyl adjacent to an activating group) is 1. The molecule has 4 rings (SSSR count). The number of aromatic nitrogens is 1. The van der Waals surface area contributed by atoms with Crippen molar-refractivity contribution in [2.24, 2.45) is 0 Å². The fraction of sp³-hybridized carbons (Fsp3) is 0.481. The Morgan fingerprint density at radius 2 is 1.89 bits per heavy atom. The summed E-state index contributed by atoms with van der Waals surface area (Å²) in [5.74, 6) is 0.548. The van der Waals surface area contributed by atoms with E-state index in [9.17, 15) is 13.2 Å². The number of benzene rings is 2. The largest absolute Gasteiger partial charge is 0.494 e. The van der Waals surface area contributed by atoms with Crippen molar-refractivity contribution in [2.45, 2.75) is 37.2 Å². The van der Waals surface area contributed by atoms with Crippen LogP contribution in [0.5, 0.6) is 5.75 Å². The first kappa shape index (κ1) is 28.4. The fourth-order valence-electron chi connectivity index (χ4n) is 4.37. The van der Waals surface area contributed by atoms with Crippen molar-refractivity contribution in [3.63, 3.8) is 0 Å². The highest BCUT2D eigenvalue weighted by molar-refractivity contribution is 7.89. The van der Waals surface area contributed by atoms with Crippen LogP contribution >= 0.6 is 11.3 Å². The molecule has 0 radical (unpaired) electrons. The molecular formula is C27H36N4O5S2. The van der Waals surface area contributed by atoms with Gasteiger partial charge in [0.25, 0.3) is 5.91 Å². The van der Waals surface area contributed by atoms with Crippen molar-refractivity contribution in [3.8, 4) is 5.75 Å². The Bertz CT molecular complexity index is 1340. The summed E-state index contributed by atoms with van der Waals surface area (Å²) in [7, 11) is 1.86. The van der Waals surface area contributed by atoms with E-state index in [1.807, 2.05) is 39.2 Å². The van der Waals surface area contributed by atoms with Gasteiger partial charge in [-0.05, 0) is 89.3 Å². The summed E-state index contributed by atoms with van der Waals surface area (Å²) in [5.41, 5.74) is 1.21. The number of ether oxygens (including phenoxy) is 2. The summed E-state index contributed by atoms with van der Waals surface area (Å²) in [4.78, 5) is 22.3. The second-order valence-corrected chi connectivity index (χ2v) is 12.7. The molecule has 9 nitrogen and oxygen atoms in total. The van der Waals surface area contributed by atoms with Gasteiger partial charge in [-0.25, -0.2) is 13.4 Å². The predicted molar refractivity (Wildman–Crippen MR) is 151 cm³/mol. The molecule has 11 heteroatoms. The third-order valence-electron chi connectivity index (χ3n) is 6.42. The Hall–Kier alpha value is -2.57. The first-order valence-corrected chi connectivity index (χ1v) is 15.1. The monoisotopic (exact) mass is 560 g/mol. The number of carbonyl (C=O) groups is 1. The zero-order valence-corrected chi connectivity index (χ0v) is 24.1. The molecule has 1 aliphatic heterocycles. The van der Waals surface area contributed by atoms with Crippen LogP contribution in [0.3, 0.4) is 0 Å². The molecule has 1 unspecified atom stereocenters. The Balaban J connectivity index is 1.56. The van der Waals surface area contributed by atoms with E-state index < -0.39 is 10.0 Å². The standard InChI is InChI=1S/C27H36N4O5S2/c1-5-35-21-11-14-24-25(18-21)37-27(28-24)31(16-7-15-29(2)3)26(32)20-9-12-23(13-10-20)38(33,34)30(4)19-22-8-6-17-36-22/h9-14,18,22H,5-8,15-17,19H2,1-4H3. The van der Waals surface area contributed by atoms with Crippen LogP contribution < -0.4 is 9.64 Å². The number of rotatable bonds is 12. The van der Waals surface area contributed by atoms with Gasteiger partial charge in [0.2, 0.25) is 10.0 Å². The molecule has 0 N–H and O–H groups in total. The number of fused-ring (bicyclic) bond motifs is 1. The van der Waals surface area contributed by atoms with E-state index in [1.54, 1.807) is 24.1 Å². The zero-order chi connectivity index (χ0) is 27.3. The number of hydrogen-bond acceptors (Lipinski definition) is 8. The molecule has 0 saturated carbocycles. The summed E-state index contributed by atoms with van der Waals surface area (Å²) in [6, 6.07) is 11.9. The Morgan fingerprint density at radius 1 is 1.13 bits per heavy atom. The minimum atomic E-state index is -3.69. The lowest BCUT2D eigenvalue weighted by Crippen LogP contribution is -2.34. The second-order valence-electron chi connectivity index (χ2n) is 9.62. The number of carbonyl (C=O) groups excluding carboxylic acids is 1. The summed E-state index contributed by atoms with van der Waals surface area (Å²) >= 11 is 1.44. The lowest BCUT2D eigenvalue weighted by Gasteiger charge is -2.22. The highest BCUT2D eigenvalue weighted by atomic mass is 32.2. The topological polar surface area (TPSA) is 92.3 Å².